The minimum Gasteiger partial charge on any atom is -0.392 e. The van der Waals surface area contributed by atoms with Crippen molar-refractivity contribution in [3.05, 3.63) is 38.8 Å². The van der Waals surface area contributed by atoms with Crippen molar-refractivity contribution in [2.75, 3.05) is 13.2 Å². The van der Waals surface area contributed by atoms with Crippen LogP contribution in [0.5, 0.6) is 0 Å². The van der Waals surface area contributed by atoms with Crippen LogP contribution in [0.4, 0.5) is 13.2 Å². The number of alkyl halides is 3. The lowest BCUT2D eigenvalue weighted by atomic mass is 9.81. The number of primary amides is 1. The first kappa shape index (κ1) is 24.1. The van der Waals surface area contributed by atoms with Gasteiger partial charge in [0.25, 0.3) is 0 Å². The highest BCUT2D eigenvalue weighted by atomic mass is 32.1. The summed E-state index contributed by atoms with van der Waals surface area (Å²) in [6.07, 6.45) is -0.980. The Labute approximate surface area is 192 Å². The van der Waals surface area contributed by atoms with Gasteiger partial charge in [-0.25, -0.2) is 0 Å². The number of carbonyl (C=O) groups is 1. The molecule has 12 heteroatoms. The predicted molar refractivity (Wildman–Crippen MR) is 113 cm³/mol. The van der Waals surface area contributed by atoms with E-state index in [1.807, 2.05) is 6.92 Å². The van der Waals surface area contributed by atoms with Gasteiger partial charge in [0.05, 0.1) is 26.0 Å². The van der Waals surface area contributed by atoms with Crippen LogP contribution in [-0.4, -0.2) is 56.1 Å². The number of piperidine rings is 1. The molecule has 2 aliphatic rings. The lowest BCUT2D eigenvalue weighted by molar-refractivity contribution is -0.135. The van der Waals surface area contributed by atoms with Gasteiger partial charge in [-0.2, -0.15) is 18.3 Å². The normalized spacial score (nSPS) is 24.7. The van der Waals surface area contributed by atoms with Crippen LogP contribution in [0.1, 0.15) is 46.2 Å². The standard InChI is InChI=1S/C21H27F3N4O4S/c1-12-6-20(17-14(2-5-32-20)15(11-29)18(33-17)21(22,23)24)3-4-27(12)8-13-7-26-28(9-13)10-16(30)19(25)31/h7,9,12,16,29-30H,2-6,8,10-11H2,1H3,(H2,25,31)/t12-,16+,20+/m0/s1. The molecule has 2 aliphatic heterocycles. The molecule has 0 bridgehead atoms. The van der Waals surface area contributed by atoms with Crippen LogP contribution >= 0.6 is 11.3 Å². The average molecular weight is 489 g/mol. The molecule has 4 heterocycles. The number of hydrogen-bond acceptors (Lipinski definition) is 7. The molecule has 33 heavy (non-hydrogen) atoms. The molecule has 182 valence electrons. The molecule has 1 saturated heterocycles. The number of aromatic nitrogens is 2. The second-order valence-corrected chi connectivity index (χ2v) is 9.75. The van der Waals surface area contributed by atoms with Crippen LogP contribution in [0.15, 0.2) is 12.4 Å². The summed E-state index contributed by atoms with van der Waals surface area (Å²) in [5.41, 5.74) is 5.77. The zero-order valence-electron chi connectivity index (χ0n) is 18.1. The van der Waals surface area contributed by atoms with Crippen LogP contribution in [0.2, 0.25) is 0 Å². The minimum atomic E-state index is -4.50. The summed E-state index contributed by atoms with van der Waals surface area (Å²) in [6.45, 7) is 2.87. The van der Waals surface area contributed by atoms with Crippen LogP contribution in [0.25, 0.3) is 0 Å². The summed E-state index contributed by atoms with van der Waals surface area (Å²) in [6, 6.07) is 0.0262. The SMILES string of the molecule is C[C@H]1C[C@@]2(CCN1Cc1cnn(C[C@@H](O)C(N)=O)c1)OCCc1c2sc(C(F)(F)F)c1CO. The number of carbonyl (C=O) groups excluding carboxylic acids is 1. The molecule has 2 aromatic heterocycles. The van der Waals surface area contributed by atoms with Crippen molar-refractivity contribution in [2.24, 2.45) is 5.73 Å². The van der Waals surface area contributed by atoms with Gasteiger partial charge in [0.15, 0.2) is 6.10 Å². The molecule has 4 rings (SSSR count). The van der Waals surface area contributed by atoms with E-state index < -0.39 is 35.3 Å². The predicted octanol–water partition coefficient (Wildman–Crippen LogP) is 1.75. The highest BCUT2D eigenvalue weighted by Crippen LogP contribution is 2.51. The van der Waals surface area contributed by atoms with Crippen molar-refractivity contribution in [3.8, 4) is 0 Å². The molecule has 1 spiro atoms. The van der Waals surface area contributed by atoms with Gasteiger partial charge in [0, 0.05) is 41.3 Å². The van der Waals surface area contributed by atoms with Crippen LogP contribution in [-0.2, 0) is 47.4 Å². The Hall–Kier alpha value is -1.99. The molecular weight excluding hydrogens is 461 g/mol. The van der Waals surface area contributed by atoms with E-state index in [0.29, 0.717) is 60.7 Å². The molecule has 1 fully saturated rings. The number of thiophene rings is 1. The molecule has 8 nitrogen and oxygen atoms in total. The molecule has 1 amide bonds. The molecule has 4 N–H and O–H groups in total. The Bertz CT molecular complexity index is 1020. The maximum absolute atomic E-state index is 13.6. The monoisotopic (exact) mass is 488 g/mol. The Morgan fingerprint density at radius 2 is 2.24 bits per heavy atom. The van der Waals surface area contributed by atoms with Crippen LogP contribution in [0, 0.1) is 0 Å². The fourth-order valence-corrected chi connectivity index (χ4v) is 6.27. The minimum absolute atomic E-state index is 0.00850. The van der Waals surface area contributed by atoms with Crippen molar-refractivity contribution in [1.82, 2.24) is 14.7 Å². The third-order valence-corrected chi connectivity index (χ3v) is 7.99. The van der Waals surface area contributed by atoms with Crippen molar-refractivity contribution in [2.45, 2.75) is 69.8 Å². The van der Waals surface area contributed by atoms with Crippen molar-refractivity contribution >= 4 is 17.2 Å². The maximum Gasteiger partial charge on any atom is 0.425 e. The number of fused-ring (bicyclic) bond motifs is 2. The molecule has 0 radical (unpaired) electrons. The highest BCUT2D eigenvalue weighted by molar-refractivity contribution is 7.12. The molecule has 0 unspecified atom stereocenters. The average Bonchev–Trinajstić information content (AvgIpc) is 3.35. The van der Waals surface area contributed by atoms with Gasteiger partial charge in [-0.1, -0.05) is 0 Å². The molecule has 2 aromatic rings. The van der Waals surface area contributed by atoms with E-state index in [4.69, 9.17) is 10.5 Å². The van der Waals surface area contributed by atoms with Crippen molar-refractivity contribution < 1.29 is 32.9 Å². The molecule has 3 atom stereocenters. The molecular formula is C21H27F3N4O4S. The number of aliphatic hydroxyl groups excluding tert-OH is 2. The Morgan fingerprint density at radius 3 is 2.88 bits per heavy atom. The molecule has 0 saturated carbocycles. The smallest absolute Gasteiger partial charge is 0.392 e. The van der Waals surface area contributed by atoms with E-state index in [-0.39, 0.29) is 18.2 Å². The summed E-state index contributed by atoms with van der Waals surface area (Å²) in [4.78, 5) is 13.1. The summed E-state index contributed by atoms with van der Waals surface area (Å²) in [5, 5.41) is 23.4. The Kier molecular flexibility index (Phi) is 6.58. The number of ether oxygens (including phenoxy) is 1. The highest BCUT2D eigenvalue weighted by Gasteiger charge is 2.48. The first-order chi connectivity index (χ1) is 15.5. The second-order valence-electron chi connectivity index (χ2n) is 8.73. The fraction of sp³-hybridized carbons (Fsp3) is 0.619. The van der Waals surface area contributed by atoms with Gasteiger partial charge in [-0.15, -0.1) is 11.3 Å². The first-order valence-corrected chi connectivity index (χ1v) is 11.6. The zero-order chi connectivity index (χ0) is 24.0. The van der Waals surface area contributed by atoms with Gasteiger partial charge < -0.3 is 20.7 Å². The van der Waals surface area contributed by atoms with Gasteiger partial charge in [-0.05, 0) is 31.7 Å². The second kappa shape index (κ2) is 8.99. The summed E-state index contributed by atoms with van der Waals surface area (Å²) in [5.74, 6) is -0.819. The number of likely N-dealkylation sites (tertiary alicyclic amines) is 1. The lowest BCUT2D eigenvalue weighted by Crippen LogP contribution is -2.50. The Balaban J connectivity index is 1.50. The van der Waals surface area contributed by atoms with Crippen LogP contribution in [0.3, 0.4) is 0 Å². The fourth-order valence-electron chi connectivity index (χ4n) is 4.86. The van der Waals surface area contributed by atoms with E-state index in [9.17, 15) is 28.2 Å². The number of halogens is 3. The third kappa shape index (κ3) is 4.67. The lowest BCUT2D eigenvalue weighted by Gasteiger charge is -2.47. The zero-order valence-corrected chi connectivity index (χ0v) is 19.0. The number of aliphatic hydroxyl groups is 2. The maximum atomic E-state index is 13.6. The van der Waals surface area contributed by atoms with Crippen molar-refractivity contribution in [3.63, 3.8) is 0 Å². The van der Waals surface area contributed by atoms with E-state index in [0.717, 1.165) is 5.56 Å². The number of amides is 1. The quantitative estimate of drug-likeness (QED) is 0.571. The first-order valence-electron chi connectivity index (χ1n) is 10.7. The molecule has 0 aliphatic carbocycles. The Morgan fingerprint density at radius 1 is 1.48 bits per heavy atom. The number of hydrogen-bond donors (Lipinski definition) is 3. The van der Waals surface area contributed by atoms with Crippen LogP contribution < -0.4 is 5.73 Å². The van der Waals surface area contributed by atoms with Gasteiger partial charge in [0.2, 0.25) is 5.91 Å². The van der Waals surface area contributed by atoms with E-state index in [1.165, 1.54) is 4.68 Å². The largest absolute Gasteiger partial charge is 0.425 e. The van der Waals surface area contributed by atoms with Crippen molar-refractivity contribution in [1.29, 1.82) is 0 Å². The number of nitrogens with two attached hydrogens (primary N) is 1. The number of rotatable bonds is 6. The van der Waals surface area contributed by atoms with E-state index in [1.54, 1.807) is 12.4 Å². The van der Waals surface area contributed by atoms with E-state index in [2.05, 4.69) is 10.00 Å². The van der Waals surface area contributed by atoms with Gasteiger partial charge >= 0.3 is 6.18 Å². The third-order valence-electron chi connectivity index (χ3n) is 6.49. The van der Waals surface area contributed by atoms with E-state index >= 15 is 0 Å². The summed E-state index contributed by atoms with van der Waals surface area (Å²) in [7, 11) is 0. The summed E-state index contributed by atoms with van der Waals surface area (Å²) >= 11 is 0.714. The topological polar surface area (TPSA) is 114 Å². The van der Waals surface area contributed by atoms with Gasteiger partial charge in [0.1, 0.15) is 10.5 Å². The molecule has 0 aromatic carbocycles. The summed E-state index contributed by atoms with van der Waals surface area (Å²) < 4.78 is 48.4. The number of nitrogens with zero attached hydrogens (tertiary/aromatic N) is 3. The van der Waals surface area contributed by atoms with Gasteiger partial charge in [-0.3, -0.25) is 14.4 Å².